The average molecular weight is 420 g/mol. The van der Waals surface area contributed by atoms with E-state index >= 15 is 0 Å². The highest BCUT2D eigenvalue weighted by molar-refractivity contribution is 7.92. The summed E-state index contributed by atoms with van der Waals surface area (Å²) >= 11 is 1.15. The number of ketones is 1. The minimum Gasteiger partial charge on any atom is -0.346 e. The van der Waals surface area contributed by atoms with Gasteiger partial charge in [-0.05, 0) is 49.6 Å². The maximum Gasteiger partial charge on any atom is 0.261 e. The molecule has 9 heteroatoms. The summed E-state index contributed by atoms with van der Waals surface area (Å²) in [5.41, 5.74) is 1.55. The Morgan fingerprint density at radius 3 is 2.54 bits per heavy atom. The minimum absolute atomic E-state index is 0.0378. The lowest BCUT2D eigenvalue weighted by atomic mass is 10.2. The second-order valence-electron chi connectivity index (χ2n) is 6.28. The molecule has 0 saturated carbocycles. The van der Waals surface area contributed by atoms with Gasteiger partial charge in [0.1, 0.15) is 0 Å². The molecule has 0 saturated heterocycles. The fourth-order valence-electron chi connectivity index (χ4n) is 2.35. The molecule has 1 amide bonds. The maximum atomic E-state index is 12.6. The predicted octanol–water partition coefficient (Wildman–Crippen LogP) is 3.47. The molecule has 0 aliphatic rings. The smallest absolute Gasteiger partial charge is 0.261 e. The van der Waals surface area contributed by atoms with E-state index in [0.717, 1.165) is 16.9 Å². The monoisotopic (exact) mass is 419 g/mol. The Bertz CT molecular complexity index is 1050. The third kappa shape index (κ3) is 5.61. The van der Waals surface area contributed by atoms with Crippen LogP contribution in [0.1, 0.15) is 40.8 Å². The number of allylic oxidation sites excluding steroid dienone is 1. The zero-order chi connectivity index (χ0) is 20.9. The van der Waals surface area contributed by atoms with Gasteiger partial charge >= 0.3 is 0 Å². The largest absolute Gasteiger partial charge is 0.346 e. The molecule has 2 aromatic rings. The van der Waals surface area contributed by atoms with E-state index in [1.807, 2.05) is 13.8 Å². The van der Waals surface area contributed by atoms with Crippen LogP contribution in [0.3, 0.4) is 0 Å². The lowest BCUT2D eigenvalue weighted by molar-refractivity contribution is 0.0958. The zero-order valence-corrected chi connectivity index (χ0v) is 17.3. The summed E-state index contributed by atoms with van der Waals surface area (Å²) in [5.74, 6) is -0.719. The van der Waals surface area contributed by atoms with Crippen LogP contribution in [0.15, 0.2) is 52.3 Å². The summed E-state index contributed by atoms with van der Waals surface area (Å²) in [6, 6.07) is 7.09. The van der Waals surface area contributed by atoms with Crippen molar-refractivity contribution in [2.75, 3.05) is 11.3 Å². The summed E-state index contributed by atoms with van der Waals surface area (Å²) < 4.78 is 27.7. The number of carbonyl (C=O) groups excluding carboxylic acids is 2. The third-order valence-electron chi connectivity index (χ3n) is 3.54. The summed E-state index contributed by atoms with van der Waals surface area (Å²) in [5, 5.41) is 12.0. The van der Waals surface area contributed by atoms with Crippen molar-refractivity contribution in [2.45, 2.75) is 25.7 Å². The van der Waals surface area contributed by atoms with Crippen molar-refractivity contribution in [2.24, 2.45) is 0 Å². The number of nitrogens with one attached hydrogen (secondary N) is 3. The lowest BCUT2D eigenvalue weighted by Crippen LogP contribution is -2.28. The SMILES string of the molecule is CC(=O)c1sccc1NS(=O)(=O)c1cccc(C(=O)NCC(=N)C=C(C)C)c1. The van der Waals surface area contributed by atoms with Crippen LogP contribution in [0.4, 0.5) is 5.69 Å². The van der Waals surface area contributed by atoms with E-state index in [0.29, 0.717) is 4.88 Å². The molecule has 0 atom stereocenters. The summed E-state index contributed by atoms with van der Waals surface area (Å²) in [6.07, 6.45) is 1.64. The molecule has 0 radical (unpaired) electrons. The molecule has 7 nitrogen and oxygen atoms in total. The van der Waals surface area contributed by atoms with Crippen LogP contribution < -0.4 is 10.0 Å². The van der Waals surface area contributed by atoms with Gasteiger partial charge in [0, 0.05) is 12.5 Å². The Hall–Kier alpha value is -2.78. The molecule has 0 spiro atoms. The van der Waals surface area contributed by atoms with Crippen LogP contribution in [0, 0.1) is 5.41 Å². The first kappa shape index (κ1) is 21.5. The van der Waals surface area contributed by atoms with Crippen LogP contribution >= 0.6 is 11.3 Å². The van der Waals surface area contributed by atoms with Crippen molar-refractivity contribution >= 4 is 44.4 Å². The van der Waals surface area contributed by atoms with Crippen LogP contribution in [0.5, 0.6) is 0 Å². The Morgan fingerprint density at radius 1 is 1.18 bits per heavy atom. The van der Waals surface area contributed by atoms with Gasteiger partial charge < -0.3 is 10.7 Å². The summed E-state index contributed by atoms with van der Waals surface area (Å²) in [4.78, 5) is 24.1. The van der Waals surface area contributed by atoms with E-state index in [2.05, 4.69) is 10.0 Å². The highest BCUT2D eigenvalue weighted by atomic mass is 32.2. The minimum atomic E-state index is -3.97. The zero-order valence-electron chi connectivity index (χ0n) is 15.7. The number of benzene rings is 1. The standard InChI is InChI=1S/C19H21N3O4S2/c1-12(2)9-15(20)11-21-19(24)14-5-4-6-16(10-14)28(25,26)22-17-7-8-27-18(17)13(3)23/h4-10,20,22H,11H2,1-3H3,(H,21,24). The van der Waals surface area contributed by atoms with Crippen LogP contribution in [-0.4, -0.2) is 32.4 Å². The van der Waals surface area contributed by atoms with Gasteiger partial charge in [-0.15, -0.1) is 11.3 Å². The van der Waals surface area contributed by atoms with Gasteiger partial charge in [0.2, 0.25) is 0 Å². The number of anilines is 1. The van der Waals surface area contributed by atoms with Crippen molar-refractivity contribution < 1.29 is 18.0 Å². The van der Waals surface area contributed by atoms with Crippen molar-refractivity contribution in [1.82, 2.24) is 5.32 Å². The molecular formula is C19H21N3O4S2. The van der Waals surface area contributed by atoms with Gasteiger partial charge in [-0.2, -0.15) is 0 Å². The van der Waals surface area contributed by atoms with Crippen LogP contribution in [-0.2, 0) is 10.0 Å². The van der Waals surface area contributed by atoms with E-state index in [9.17, 15) is 18.0 Å². The van der Waals surface area contributed by atoms with Crippen molar-refractivity contribution in [3.8, 4) is 0 Å². The maximum absolute atomic E-state index is 12.6. The van der Waals surface area contributed by atoms with Crippen molar-refractivity contribution in [3.05, 3.63) is 57.8 Å². The van der Waals surface area contributed by atoms with Gasteiger partial charge in [-0.25, -0.2) is 8.42 Å². The van der Waals surface area contributed by atoms with Gasteiger partial charge in [-0.1, -0.05) is 11.6 Å². The molecule has 0 aliphatic carbocycles. The van der Waals surface area contributed by atoms with E-state index in [4.69, 9.17) is 5.41 Å². The van der Waals surface area contributed by atoms with Crippen LogP contribution in [0.2, 0.25) is 0 Å². The van der Waals surface area contributed by atoms with Crippen molar-refractivity contribution in [1.29, 1.82) is 5.41 Å². The molecule has 1 heterocycles. The molecule has 1 aromatic carbocycles. The number of amides is 1. The van der Waals surface area contributed by atoms with E-state index < -0.39 is 15.9 Å². The second kappa shape index (κ2) is 8.94. The molecule has 0 unspecified atom stereocenters. The molecular weight excluding hydrogens is 398 g/mol. The fraction of sp³-hybridized carbons (Fsp3) is 0.211. The quantitative estimate of drug-likeness (QED) is 0.449. The number of sulfonamides is 1. The Morgan fingerprint density at radius 2 is 1.89 bits per heavy atom. The number of rotatable bonds is 8. The van der Waals surface area contributed by atoms with Gasteiger partial charge in [0.25, 0.3) is 15.9 Å². The number of carbonyl (C=O) groups is 2. The van der Waals surface area contributed by atoms with Crippen LogP contribution in [0.25, 0.3) is 0 Å². The van der Waals surface area contributed by atoms with E-state index in [-0.39, 0.29) is 34.2 Å². The number of hydrogen-bond donors (Lipinski definition) is 3. The van der Waals surface area contributed by atoms with Gasteiger partial charge in [0.15, 0.2) is 5.78 Å². The first-order valence-corrected chi connectivity index (χ1v) is 10.7. The Labute approximate surface area is 168 Å². The topological polar surface area (TPSA) is 116 Å². The number of hydrogen-bond acceptors (Lipinski definition) is 6. The Kier molecular flexibility index (Phi) is 6.87. The van der Waals surface area contributed by atoms with E-state index in [1.165, 1.54) is 37.3 Å². The molecule has 28 heavy (non-hydrogen) atoms. The molecule has 3 N–H and O–H groups in total. The normalized spacial score (nSPS) is 10.8. The van der Waals surface area contributed by atoms with Crippen molar-refractivity contribution in [3.63, 3.8) is 0 Å². The predicted molar refractivity (Wildman–Crippen MR) is 111 cm³/mol. The van der Waals surface area contributed by atoms with Gasteiger partial charge in [0.05, 0.1) is 27.7 Å². The molecule has 2 rings (SSSR count). The summed E-state index contributed by atoms with van der Waals surface area (Å²) in [6.45, 7) is 5.10. The molecule has 0 bridgehead atoms. The molecule has 0 fully saturated rings. The average Bonchev–Trinajstić information content (AvgIpc) is 3.07. The third-order valence-corrected chi connectivity index (χ3v) is 5.92. The second-order valence-corrected chi connectivity index (χ2v) is 8.88. The number of Topliss-reactive ketones (excluding diaryl/α,β-unsaturated/α-hetero) is 1. The molecule has 1 aromatic heterocycles. The summed E-state index contributed by atoms with van der Waals surface area (Å²) in [7, 11) is -3.97. The van der Waals surface area contributed by atoms with E-state index in [1.54, 1.807) is 11.5 Å². The Balaban J connectivity index is 2.18. The van der Waals surface area contributed by atoms with Gasteiger partial charge in [-0.3, -0.25) is 14.3 Å². The fourth-order valence-corrected chi connectivity index (χ4v) is 4.28. The first-order chi connectivity index (χ1) is 13.1. The highest BCUT2D eigenvalue weighted by Crippen LogP contribution is 2.25. The highest BCUT2D eigenvalue weighted by Gasteiger charge is 2.19. The lowest BCUT2D eigenvalue weighted by Gasteiger charge is -2.10. The number of thiophene rings is 1. The first-order valence-electron chi connectivity index (χ1n) is 8.32. The molecule has 148 valence electrons. The molecule has 0 aliphatic heterocycles.